The van der Waals surface area contributed by atoms with Gasteiger partial charge in [0.15, 0.2) is 0 Å². The minimum Gasteiger partial charge on any atom is -0.351 e. The lowest BCUT2D eigenvalue weighted by Gasteiger charge is -2.22. The van der Waals surface area contributed by atoms with E-state index in [9.17, 15) is 0 Å². The first-order valence-corrected chi connectivity index (χ1v) is 5.41. The zero-order chi connectivity index (χ0) is 9.80. The van der Waals surface area contributed by atoms with Gasteiger partial charge < -0.3 is 5.32 Å². The Labute approximate surface area is 85.0 Å². The van der Waals surface area contributed by atoms with Gasteiger partial charge >= 0.3 is 0 Å². The average molecular weight is 191 g/mol. The molecule has 1 N–H and O–H groups in total. The second-order valence-electron chi connectivity index (χ2n) is 4.00. The van der Waals surface area contributed by atoms with Crippen molar-refractivity contribution in [3.05, 3.63) is 18.0 Å². The first kappa shape index (κ1) is 9.44. The second kappa shape index (κ2) is 4.40. The van der Waals surface area contributed by atoms with Crippen molar-refractivity contribution < 1.29 is 0 Å². The fourth-order valence-electron chi connectivity index (χ4n) is 1.95. The van der Waals surface area contributed by atoms with E-state index in [-0.39, 0.29) is 0 Å². The molecular formula is C11H17N3. The topological polar surface area (TPSA) is 37.8 Å². The molecular weight excluding hydrogens is 174 g/mol. The summed E-state index contributed by atoms with van der Waals surface area (Å²) in [6.07, 6.45) is 8.39. The quantitative estimate of drug-likeness (QED) is 0.780. The molecule has 1 aromatic heterocycles. The van der Waals surface area contributed by atoms with Crippen molar-refractivity contribution in [3.63, 3.8) is 0 Å². The van der Waals surface area contributed by atoms with E-state index in [4.69, 9.17) is 0 Å². The smallest absolute Gasteiger partial charge is 0.223 e. The number of nitrogens with one attached hydrogen (secondary N) is 1. The summed E-state index contributed by atoms with van der Waals surface area (Å²) < 4.78 is 0. The Morgan fingerprint density at radius 1 is 1.29 bits per heavy atom. The molecule has 0 atom stereocenters. The minimum absolute atomic E-state index is 0.588. The van der Waals surface area contributed by atoms with E-state index < -0.39 is 0 Å². The molecule has 0 unspecified atom stereocenters. The van der Waals surface area contributed by atoms with Crippen LogP contribution in [0.3, 0.4) is 0 Å². The molecule has 1 heterocycles. The molecule has 1 aromatic rings. The molecule has 0 radical (unpaired) electrons. The normalized spacial score (nSPS) is 18.1. The van der Waals surface area contributed by atoms with Crippen LogP contribution in [0.25, 0.3) is 0 Å². The van der Waals surface area contributed by atoms with E-state index in [0.29, 0.717) is 6.04 Å². The number of hydrogen-bond donors (Lipinski definition) is 1. The van der Waals surface area contributed by atoms with Gasteiger partial charge in [0.2, 0.25) is 5.95 Å². The van der Waals surface area contributed by atoms with E-state index in [2.05, 4.69) is 15.3 Å². The molecule has 0 spiro atoms. The van der Waals surface area contributed by atoms with Crippen LogP contribution in [-0.4, -0.2) is 16.0 Å². The first-order chi connectivity index (χ1) is 6.84. The summed E-state index contributed by atoms with van der Waals surface area (Å²) in [7, 11) is 0. The van der Waals surface area contributed by atoms with Gasteiger partial charge in [-0.05, 0) is 25.8 Å². The van der Waals surface area contributed by atoms with Crippen LogP contribution in [-0.2, 0) is 0 Å². The van der Waals surface area contributed by atoms with Crippen LogP contribution in [0.4, 0.5) is 5.95 Å². The van der Waals surface area contributed by atoms with E-state index in [0.717, 1.165) is 11.6 Å². The Morgan fingerprint density at radius 2 is 2.07 bits per heavy atom. The lowest BCUT2D eigenvalue weighted by molar-refractivity contribution is 0.461. The van der Waals surface area contributed by atoms with Gasteiger partial charge in [0, 0.05) is 17.9 Å². The van der Waals surface area contributed by atoms with Crippen molar-refractivity contribution in [2.24, 2.45) is 0 Å². The van der Waals surface area contributed by atoms with Crippen molar-refractivity contribution in [1.29, 1.82) is 0 Å². The van der Waals surface area contributed by atoms with Gasteiger partial charge in [-0.25, -0.2) is 9.97 Å². The zero-order valence-electron chi connectivity index (χ0n) is 8.66. The predicted molar refractivity (Wildman–Crippen MR) is 57.3 cm³/mol. The van der Waals surface area contributed by atoms with Crippen molar-refractivity contribution in [1.82, 2.24) is 9.97 Å². The lowest BCUT2D eigenvalue weighted by atomic mass is 9.96. The van der Waals surface area contributed by atoms with Crippen molar-refractivity contribution in [3.8, 4) is 0 Å². The van der Waals surface area contributed by atoms with Gasteiger partial charge in [-0.2, -0.15) is 0 Å². The first-order valence-electron chi connectivity index (χ1n) is 5.41. The van der Waals surface area contributed by atoms with E-state index >= 15 is 0 Å². The molecule has 2 rings (SSSR count). The largest absolute Gasteiger partial charge is 0.351 e. The van der Waals surface area contributed by atoms with Gasteiger partial charge in [0.05, 0.1) is 0 Å². The Hall–Kier alpha value is -1.12. The summed E-state index contributed by atoms with van der Waals surface area (Å²) >= 11 is 0. The van der Waals surface area contributed by atoms with E-state index in [1.807, 2.05) is 19.2 Å². The summed E-state index contributed by atoms with van der Waals surface area (Å²) in [6, 6.07) is 2.51. The van der Waals surface area contributed by atoms with Crippen molar-refractivity contribution >= 4 is 5.95 Å². The van der Waals surface area contributed by atoms with Gasteiger partial charge in [-0.3, -0.25) is 0 Å². The fraction of sp³-hybridized carbons (Fsp3) is 0.636. The fourth-order valence-corrected chi connectivity index (χ4v) is 1.95. The van der Waals surface area contributed by atoms with Crippen LogP contribution < -0.4 is 5.32 Å². The maximum atomic E-state index is 4.35. The zero-order valence-corrected chi connectivity index (χ0v) is 8.66. The maximum Gasteiger partial charge on any atom is 0.223 e. The minimum atomic E-state index is 0.588. The predicted octanol–water partition coefficient (Wildman–Crippen LogP) is 2.53. The van der Waals surface area contributed by atoms with Crippen LogP contribution in [0.5, 0.6) is 0 Å². The Morgan fingerprint density at radius 3 is 2.79 bits per heavy atom. The highest BCUT2D eigenvalue weighted by Crippen LogP contribution is 2.19. The molecule has 1 saturated carbocycles. The maximum absolute atomic E-state index is 4.35. The highest BCUT2D eigenvalue weighted by molar-refractivity contribution is 5.26. The van der Waals surface area contributed by atoms with Gasteiger partial charge in [-0.1, -0.05) is 19.3 Å². The van der Waals surface area contributed by atoms with Gasteiger partial charge in [-0.15, -0.1) is 0 Å². The summed E-state index contributed by atoms with van der Waals surface area (Å²) in [5, 5.41) is 3.40. The number of rotatable bonds is 2. The van der Waals surface area contributed by atoms with Crippen LogP contribution in [0, 0.1) is 6.92 Å². The molecule has 0 amide bonds. The molecule has 1 aliphatic carbocycles. The molecule has 0 aliphatic heterocycles. The van der Waals surface area contributed by atoms with Crippen LogP contribution in [0.2, 0.25) is 0 Å². The average Bonchev–Trinajstić information content (AvgIpc) is 2.19. The highest BCUT2D eigenvalue weighted by atomic mass is 15.1. The third-order valence-electron chi connectivity index (χ3n) is 2.73. The standard InChI is InChI=1S/C11H17N3/c1-9-7-8-12-11(13-9)14-10-5-3-2-4-6-10/h7-8,10H,2-6H2,1H3,(H,12,13,14). The molecule has 14 heavy (non-hydrogen) atoms. The Bertz CT molecular complexity index is 292. The van der Waals surface area contributed by atoms with Crippen molar-refractivity contribution in [2.75, 3.05) is 5.32 Å². The Balaban J connectivity index is 1.95. The number of anilines is 1. The summed E-state index contributed by atoms with van der Waals surface area (Å²) in [5.74, 6) is 0.789. The summed E-state index contributed by atoms with van der Waals surface area (Å²) in [6.45, 7) is 1.99. The molecule has 1 aliphatic rings. The molecule has 3 nitrogen and oxygen atoms in total. The van der Waals surface area contributed by atoms with E-state index in [1.54, 1.807) is 0 Å². The Kier molecular flexibility index (Phi) is 2.96. The van der Waals surface area contributed by atoms with Crippen LogP contribution >= 0.6 is 0 Å². The number of aryl methyl sites for hydroxylation is 1. The highest BCUT2D eigenvalue weighted by Gasteiger charge is 2.13. The second-order valence-corrected chi connectivity index (χ2v) is 4.00. The number of aromatic nitrogens is 2. The van der Waals surface area contributed by atoms with Gasteiger partial charge in [0.1, 0.15) is 0 Å². The summed E-state index contributed by atoms with van der Waals surface area (Å²) in [5.41, 5.74) is 1.03. The molecule has 0 saturated heterocycles. The lowest BCUT2D eigenvalue weighted by Crippen LogP contribution is -2.23. The number of nitrogens with zero attached hydrogens (tertiary/aromatic N) is 2. The van der Waals surface area contributed by atoms with E-state index in [1.165, 1.54) is 32.1 Å². The molecule has 0 bridgehead atoms. The SMILES string of the molecule is Cc1ccnc(NC2CCCCC2)n1. The molecule has 76 valence electrons. The van der Waals surface area contributed by atoms with Crippen LogP contribution in [0.1, 0.15) is 37.8 Å². The molecule has 0 aromatic carbocycles. The summed E-state index contributed by atoms with van der Waals surface area (Å²) in [4.78, 5) is 8.56. The molecule has 1 fully saturated rings. The third-order valence-corrected chi connectivity index (χ3v) is 2.73. The van der Waals surface area contributed by atoms with Crippen LogP contribution in [0.15, 0.2) is 12.3 Å². The van der Waals surface area contributed by atoms with Gasteiger partial charge in [0.25, 0.3) is 0 Å². The number of hydrogen-bond acceptors (Lipinski definition) is 3. The monoisotopic (exact) mass is 191 g/mol. The molecule has 3 heteroatoms. The third kappa shape index (κ3) is 2.44. The van der Waals surface area contributed by atoms with Crippen molar-refractivity contribution in [2.45, 2.75) is 45.1 Å².